The minimum atomic E-state index is -3.72. The molecule has 0 saturated heterocycles. The van der Waals surface area contributed by atoms with Crippen LogP contribution in [0.25, 0.3) is 0 Å². The molecule has 0 amide bonds. The minimum absolute atomic E-state index is 0.0762. The van der Waals surface area contributed by atoms with E-state index in [0.717, 1.165) is 36.1 Å². The van der Waals surface area contributed by atoms with E-state index in [0.29, 0.717) is 5.75 Å². The first-order chi connectivity index (χ1) is 61.5. The number of fused-ring (bicyclic) bond motifs is 2. The monoisotopic (exact) mass is 14100 g/mol. The second-order valence-corrected chi connectivity index (χ2v) is 2600. The van der Waals surface area contributed by atoms with Crippen LogP contribution in [0.5, 0.6) is 11.5 Å². The van der Waals surface area contributed by atoms with Crippen LogP contribution in [0.15, 0.2) is 35.2 Å². The number of aryl methyl sites for hydroxylation is 4. The van der Waals surface area contributed by atoms with Crippen molar-refractivity contribution in [2.45, 2.75) is 43.4 Å². The summed E-state index contributed by atoms with van der Waals surface area (Å²) in [5, 5.41) is 0. The van der Waals surface area contributed by atoms with Gasteiger partial charge in [0.1, 0.15) is 16.4 Å². The second-order valence-electron chi connectivity index (χ2n) is 15.1. The van der Waals surface area contributed by atoms with Crippen molar-refractivity contribution in [3.8, 4) is 11.5 Å². The zero-order valence-corrected chi connectivity index (χ0v) is 290. The summed E-state index contributed by atoms with van der Waals surface area (Å²) in [5.41, 5.74) is 5.21. The number of halogens is 109. The fraction of sp³-hybridized carbons (Fsp3) is 0.400. The van der Waals surface area contributed by atoms with Gasteiger partial charge in [0.25, 0.3) is 9.05 Å². The predicted octanol–water partition coefficient (Wildman–Crippen LogP) is 100.0. The molecule has 0 aliphatic heterocycles. The van der Waals surface area contributed by atoms with Crippen LogP contribution in [-0.4, -0.2) is 22.6 Å². The van der Waals surface area contributed by atoms with E-state index in [1.54, 1.807) is 19.2 Å². The molecule has 0 aromatic heterocycles. The molecule has 0 atom stereocenters. The number of ether oxygens (including phenoxy) is 2. The Hall–Kier alpha value is 77.1. The van der Waals surface area contributed by atoms with E-state index in [2.05, 4.69) is 1040 Å². The Morgan fingerprint density at radius 3 is 0.463 bits per heavy atom. The van der Waals surface area contributed by atoms with E-state index < -0.39 is 427 Å². The molecular weight excluding hydrogens is 14100 g/mol. The normalized spacial score (nSPS) is 18.4. The van der Waals surface area contributed by atoms with Crippen LogP contribution in [0.4, 0.5) is 0 Å². The summed E-state index contributed by atoms with van der Waals surface area (Å²) >= 11 is 187. The van der Waals surface area contributed by atoms with Crippen molar-refractivity contribution in [1.29, 1.82) is 0 Å². The Balaban J connectivity index is 0.00000196. The predicted molar refractivity (Wildman–Crippen MR) is 1620 cm³/mol. The molecule has 2 aliphatic rings. The van der Waals surface area contributed by atoms with Gasteiger partial charge in [0.15, 0.2) is 0 Å². The van der Waals surface area contributed by atoms with E-state index in [4.69, 9.17) is 20.2 Å². The van der Waals surface area contributed by atoms with Crippen molar-refractivity contribution in [3.63, 3.8) is 0 Å². The third-order valence-electron chi connectivity index (χ3n) is 9.19. The molecule has 0 radical (unpaired) electrons. The first-order valence-electron chi connectivity index (χ1n) is 24.0. The quantitative estimate of drug-likeness (QED) is 0.0489. The maximum absolute atomic E-state index is 11.3. The molecular formula is C20H23ClI108O4S. The van der Waals surface area contributed by atoms with Gasteiger partial charge >= 0.3 is 1440 Å². The SMILES string of the molecule is COc1cc2c(cc1S(=O)(=O)Cl)CCC2.COc1ccc2c(c1)CCC2.II(I)I(I)I(I)I(I)I(I)I(I)I(I)I(I)I(I)I(I)I(I)I(I)I(I)I(I)I(I)I(I)I(I)I(I)I(I)I(I)I(I)I(I)I(I)I(I)I(I)I(I)I(I)I(I)I(I)I(I)I(I)I(I)I(I)I(I)I(I)I(I)I(I)I(I)I(I)I(I)I(I)I(I)I(I)I(I)I(I)I(I)I(I)I(I)I(I)I(I)I(I)I(I)I(I)I. The van der Waals surface area contributed by atoms with E-state index >= 15 is 0 Å². The standard InChI is InChI=1S/C10H11ClO3S.C10H12O.I108/c1-14-9-5-7-3-2-4-8(7)6-10(9)15(11,12)13;1-11-10-6-5-8-3-2-4-9(8)7-10;1-56(2)58(5)60(7)62(9)64(11)66(13)68(15)70(17)72(19)74(21)76(23)78(25)80(27)82(29)84(31)86(33)88(35)90(37)92(39)94(41)96(43)98(45)100(47)102(49)104(51)106(53)108(55)107(54)105(52)103(50)101(48)99(46)97(44)95(42)93(40)91(38)89(36)87(34)85(32)83(30)81(28)79(26)77(24)75(22)73(20)71(18)69(16)67(14)65(12)63(10)61(8)59(6)57(3)4/h5-6H,2-4H2,1H3;5-7H,2-4H2,1H3;. The Morgan fingerprint density at radius 2 is 0.328 bits per heavy atom. The van der Waals surface area contributed by atoms with Gasteiger partial charge in [0.2, 0.25) is 0 Å². The summed E-state index contributed by atoms with van der Waals surface area (Å²) in [6.07, 6.45) is 6.74. The zero-order valence-electron chi connectivity index (χ0n) is 55.9. The summed E-state index contributed by atoms with van der Waals surface area (Å²) in [6.45, 7) is 0. The van der Waals surface area contributed by atoms with E-state index in [9.17, 15) is 8.42 Å². The fourth-order valence-electron chi connectivity index (χ4n) is 5.18. The molecule has 0 spiro atoms. The van der Waals surface area contributed by atoms with Crippen molar-refractivity contribution in [2.24, 2.45) is 0 Å². The van der Waals surface area contributed by atoms with Crippen LogP contribution in [0.1, 0.15) is 35.1 Å². The van der Waals surface area contributed by atoms with Crippen LogP contribution >= 0.6 is 1450 Å². The van der Waals surface area contributed by atoms with Gasteiger partial charge in [-0.1, -0.05) is 6.07 Å². The van der Waals surface area contributed by atoms with Gasteiger partial charge in [-0.15, -0.1) is 0 Å². The second kappa shape index (κ2) is 121. The maximum atomic E-state index is 11.3. The zero-order chi connectivity index (χ0) is 104. The third-order valence-corrected chi connectivity index (χ3v) is 8600. The molecule has 2 aromatic rings. The molecule has 0 bridgehead atoms. The molecule has 0 N–H and O–H groups in total. The number of hydrogen-bond donors (Lipinski definition) is 0. The van der Waals surface area contributed by atoms with Crippen LogP contribution in [0, 0.1) is 0 Å². The molecule has 4 rings (SSSR count). The average molecular weight is 14100 g/mol. The van der Waals surface area contributed by atoms with Crippen LogP contribution < -0.4 is 9.47 Å². The van der Waals surface area contributed by atoms with E-state index in [-0.39, 0.29) is 4.90 Å². The van der Waals surface area contributed by atoms with Crippen molar-refractivity contribution < 1.29 is 17.9 Å². The Morgan fingerprint density at radius 1 is 0.194 bits per heavy atom. The van der Waals surface area contributed by atoms with Crippen molar-refractivity contribution in [1.82, 2.24) is 0 Å². The first kappa shape index (κ1) is 207. The van der Waals surface area contributed by atoms with Crippen LogP contribution in [0.3, 0.4) is 0 Å². The molecule has 0 saturated carbocycles. The van der Waals surface area contributed by atoms with Gasteiger partial charge in [0, 0.05) is 10.7 Å². The number of methoxy groups -OCH3 is 2. The Bertz CT molecular complexity index is 3570. The van der Waals surface area contributed by atoms with E-state index in [1.807, 2.05) is 6.07 Å². The van der Waals surface area contributed by atoms with E-state index in [1.165, 1.54) is 37.5 Å². The van der Waals surface area contributed by atoms with Gasteiger partial charge in [-0.25, -0.2) is 8.42 Å². The molecule has 134 heavy (non-hydrogen) atoms. The Kier molecular flexibility index (Phi) is 186. The number of hydrogen-bond acceptors (Lipinski definition) is 4. The topological polar surface area (TPSA) is 52.6 Å². The van der Waals surface area contributed by atoms with Gasteiger partial charge in [-0.2, -0.15) is 0 Å². The summed E-state index contributed by atoms with van der Waals surface area (Å²) in [6, 6.07) is 9.79. The summed E-state index contributed by atoms with van der Waals surface area (Å²) in [7, 11) is -28.1. The average Bonchev–Trinajstić information content (AvgIpc) is 1.57. The van der Waals surface area contributed by atoms with Crippen molar-refractivity contribution in [3.05, 3.63) is 52.6 Å². The molecule has 0 unspecified atom stereocenters. The molecule has 4 nitrogen and oxygen atoms in total. The molecule has 0 heterocycles. The number of benzene rings is 2. The van der Waals surface area contributed by atoms with Crippen molar-refractivity contribution >= 4 is 1460 Å². The summed E-state index contributed by atoms with van der Waals surface area (Å²) in [5.74, 6) is 1.33. The molecule has 0 fully saturated rings. The Labute approximate surface area is 1510 Å². The van der Waals surface area contributed by atoms with Gasteiger partial charge < -0.3 is 9.47 Å². The van der Waals surface area contributed by atoms with Gasteiger partial charge in [-0.3, -0.25) is 0 Å². The summed E-state index contributed by atoms with van der Waals surface area (Å²) in [4.78, 5) is 0.0762. The number of rotatable bonds is 55. The third kappa shape index (κ3) is 80.2. The van der Waals surface area contributed by atoms with Gasteiger partial charge in [0.05, 0.1) is 14.2 Å². The molecule has 2 aliphatic carbocycles. The fourth-order valence-corrected chi connectivity index (χ4v) is 21400. The van der Waals surface area contributed by atoms with Crippen molar-refractivity contribution in [2.75, 3.05) is 14.2 Å². The van der Waals surface area contributed by atoms with Crippen LogP contribution in [0.2, 0.25) is 0 Å². The molecule has 2 aromatic carbocycles. The van der Waals surface area contributed by atoms with Gasteiger partial charge in [-0.05, 0) is 85.0 Å². The summed E-state index contributed by atoms with van der Waals surface area (Å²) < 4.78 is 32.8. The van der Waals surface area contributed by atoms with Crippen LogP contribution in [-0.2, 0) is 34.7 Å². The molecule has 896 valence electrons. The molecule has 114 heteroatoms. The first-order valence-corrected chi connectivity index (χ1v) is 699.